The zero-order valence-corrected chi connectivity index (χ0v) is 20.5. The van der Waals surface area contributed by atoms with Crippen LogP contribution in [0.15, 0.2) is 30.3 Å². The molecule has 2 aromatic rings. The molecule has 186 valence electrons. The molecule has 0 aliphatic carbocycles. The first-order valence-electron chi connectivity index (χ1n) is 13.3. The van der Waals surface area contributed by atoms with Crippen molar-refractivity contribution in [1.82, 2.24) is 10.2 Å². The Bertz CT molecular complexity index is 1110. The van der Waals surface area contributed by atoms with Crippen LogP contribution >= 0.6 is 0 Å². The Morgan fingerprint density at radius 1 is 0.914 bits per heavy atom. The number of benzene rings is 2. The van der Waals surface area contributed by atoms with Gasteiger partial charge in [-0.3, -0.25) is 24.6 Å². The van der Waals surface area contributed by atoms with Crippen molar-refractivity contribution >= 4 is 39.9 Å². The van der Waals surface area contributed by atoms with Crippen LogP contribution in [-0.2, 0) is 9.59 Å². The molecule has 5 rings (SSSR count). The average molecular weight is 477 g/mol. The number of hydrogen-bond donors (Lipinski definition) is 2. The zero-order valence-electron chi connectivity index (χ0n) is 20.5. The van der Waals surface area contributed by atoms with Gasteiger partial charge in [-0.2, -0.15) is 0 Å². The number of nitrogens with one attached hydrogen (secondary N) is 2. The molecule has 7 heteroatoms. The van der Waals surface area contributed by atoms with Crippen LogP contribution in [0.4, 0.5) is 11.4 Å². The maximum atomic E-state index is 13.2. The van der Waals surface area contributed by atoms with Gasteiger partial charge in [0.15, 0.2) is 0 Å². The topological polar surface area (TPSA) is 81.8 Å². The van der Waals surface area contributed by atoms with Gasteiger partial charge in [-0.25, -0.2) is 0 Å². The van der Waals surface area contributed by atoms with Crippen molar-refractivity contribution in [2.24, 2.45) is 0 Å². The Morgan fingerprint density at radius 2 is 1.71 bits per heavy atom. The maximum Gasteiger partial charge on any atom is 0.259 e. The van der Waals surface area contributed by atoms with Crippen LogP contribution in [0, 0.1) is 0 Å². The van der Waals surface area contributed by atoms with Crippen molar-refractivity contribution in [2.45, 2.75) is 70.3 Å². The second-order valence-corrected chi connectivity index (χ2v) is 10.1. The lowest BCUT2D eigenvalue weighted by Crippen LogP contribution is -2.53. The van der Waals surface area contributed by atoms with E-state index in [0.29, 0.717) is 12.0 Å². The summed E-state index contributed by atoms with van der Waals surface area (Å²) in [5, 5.41) is 7.85. The average Bonchev–Trinajstić information content (AvgIpc) is 3.15. The minimum Gasteiger partial charge on any atom is -0.385 e. The Kier molecular flexibility index (Phi) is 7.32. The quantitative estimate of drug-likeness (QED) is 0.391. The Labute approximate surface area is 207 Å². The van der Waals surface area contributed by atoms with E-state index in [2.05, 4.69) is 15.5 Å². The number of amides is 3. The maximum absolute atomic E-state index is 13.2. The molecule has 1 unspecified atom stereocenters. The minimum absolute atomic E-state index is 0.165. The lowest BCUT2D eigenvalue weighted by molar-refractivity contribution is -0.134. The smallest absolute Gasteiger partial charge is 0.259 e. The summed E-state index contributed by atoms with van der Waals surface area (Å²) in [7, 11) is 0. The van der Waals surface area contributed by atoms with Gasteiger partial charge < -0.3 is 10.2 Å². The molecule has 35 heavy (non-hydrogen) atoms. The molecule has 0 bridgehead atoms. The highest BCUT2D eigenvalue weighted by atomic mass is 16.2. The number of hydrogen-bond acceptors (Lipinski definition) is 5. The van der Waals surface area contributed by atoms with E-state index in [-0.39, 0.29) is 18.2 Å². The summed E-state index contributed by atoms with van der Waals surface area (Å²) < 4.78 is 0. The van der Waals surface area contributed by atoms with Crippen LogP contribution in [0.25, 0.3) is 10.8 Å². The van der Waals surface area contributed by atoms with Crippen LogP contribution in [0.1, 0.15) is 74.6 Å². The normalized spacial score (nSPS) is 20.5. The van der Waals surface area contributed by atoms with Gasteiger partial charge in [-0.15, -0.1) is 0 Å². The second-order valence-electron chi connectivity index (χ2n) is 10.1. The van der Waals surface area contributed by atoms with Crippen LogP contribution in [0.3, 0.4) is 0 Å². The van der Waals surface area contributed by atoms with Crippen LogP contribution in [0.5, 0.6) is 0 Å². The van der Waals surface area contributed by atoms with Gasteiger partial charge in [0.1, 0.15) is 6.04 Å². The van der Waals surface area contributed by atoms with E-state index in [0.717, 1.165) is 35.1 Å². The number of anilines is 2. The van der Waals surface area contributed by atoms with Gasteiger partial charge in [0, 0.05) is 35.0 Å². The third kappa shape index (κ3) is 5.06. The molecule has 3 amide bonds. The highest BCUT2D eigenvalue weighted by Gasteiger charge is 2.40. The van der Waals surface area contributed by atoms with Crippen molar-refractivity contribution in [3.63, 3.8) is 0 Å². The van der Waals surface area contributed by atoms with Crippen molar-refractivity contribution in [1.29, 1.82) is 0 Å². The molecule has 0 saturated carbocycles. The molecule has 2 N–H and O–H groups in total. The summed E-state index contributed by atoms with van der Waals surface area (Å²) in [6.45, 7) is 4.73. The Balaban J connectivity index is 1.16. The predicted molar refractivity (Wildman–Crippen MR) is 139 cm³/mol. The fourth-order valence-corrected chi connectivity index (χ4v) is 5.80. The third-order valence-corrected chi connectivity index (χ3v) is 7.66. The van der Waals surface area contributed by atoms with Gasteiger partial charge in [0.05, 0.1) is 5.69 Å². The standard InChI is InChI=1S/C28H36N4O3/c33-25-15-14-24(27(34)30-25)32-23-13-12-22(20-10-9-11-21(26(20)23)28(32)35)29-16-5-2-1-3-6-17-31-18-7-4-8-19-31/h9-13,24,29H,1-8,14-19H2,(H,30,33,34). The lowest BCUT2D eigenvalue weighted by Gasteiger charge is -2.30. The molecule has 0 radical (unpaired) electrons. The summed E-state index contributed by atoms with van der Waals surface area (Å²) in [4.78, 5) is 41.5. The van der Waals surface area contributed by atoms with Crippen molar-refractivity contribution in [3.8, 4) is 0 Å². The largest absolute Gasteiger partial charge is 0.385 e. The summed E-state index contributed by atoms with van der Waals surface area (Å²) >= 11 is 0. The van der Waals surface area contributed by atoms with E-state index in [1.165, 1.54) is 64.6 Å². The summed E-state index contributed by atoms with van der Waals surface area (Å²) in [6.07, 6.45) is 10.9. The molecule has 0 aromatic heterocycles. The number of imide groups is 1. The fraction of sp³-hybridized carbons (Fsp3) is 0.536. The first-order valence-corrected chi connectivity index (χ1v) is 13.3. The molecule has 3 aliphatic rings. The van der Waals surface area contributed by atoms with Gasteiger partial charge in [-0.05, 0) is 69.9 Å². The van der Waals surface area contributed by atoms with Crippen molar-refractivity contribution in [2.75, 3.05) is 36.4 Å². The van der Waals surface area contributed by atoms with Gasteiger partial charge in [0.2, 0.25) is 11.8 Å². The Hall–Kier alpha value is -2.93. The van der Waals surface area contributed by atoms with Crippen LogP contribution < -0.4 is 15.5 Å². The number of unbranched alkanes of at least 4 members (excludes halogenated alkanes) is 4. The van der Waals surface area contributed by atoms with Crippen molar-refractivity contribution < 1.29 is 14.4 Å². The van der Waals surface area contributed by atoms with E-state index in [4.69, 9.17) is 0 Å². The zero-order chi connectivity index (χ0) is 24.2. The van der Waals surface area contributed by atoms with E-state index in [9.17, 15) is 14.4 Å². The van der Waals surface area contributed by atoms with Gasteiger partial charge >= 0.3 is 0 Å². The number of carbonyl (C=O) groups is 3. The first kappa shape index (κ1) is 23.8. The predicted octanol–water partition coefficient (Wildman–Crippen LogP) is 4.45. The molecule has 0 spiro atoms. The van der Waals surface area contributed by atoms with E-state index < -0.39 is 11.9 Å². The van der Waals surface area contributed by atoms with Crippen molar-refractivity contribution in [3.05, 3.63) is 35.9 Å². The monoisotopic (exact) mass is 476 g/mol. The summed E-state index contributed by atoms with van der Waals surface area (Å²) in [6, 6.07) is 9.06. The number of rotatable bonds is 10. The first-order chi connectivity index (χ1) is 17.1. The van der Waals surface area contributed by atoms with Crippen LogP contribution in [-0.4, -0.2) is 54.8 Å². The van der Waals surface area contributed by atoms with E-state index in [1.54, 1.807) is 4.90 Å². The molecule has 3 heterocycles. The number of likely N-dealkylation sites (tertiary alicyclic amines) is 1. The van der Waals surface area contributed by atoms with E-state index in [1.807, 2.05) is 30.3 Å². The van der Waals surface area contributed by atoms with Gasteiger partial charge in [-0.1, -0.05) is 37.8 Å². The molecule has 1 atom stereocenters. The molecular weight excluding hydrogens is 440 g/mol. The lowest BCUT2D eigenvalue weighted by atomic mass is 10.0. The number of carbonyl (C=O) groups excluding carboxylic acids is 3. The highest BCUT2D eigenvalue weighted by molar-refractivity contribution is 6.28. The molecule has 2 saturated heterocycles. The SMILES string of the molecule is O=C1CCC(N2C(=O)c3cccc4c(NCCCCCCCN5CCCCC5)ccc2c34)C(=O)N1. The van der Waals surface area contributed by atoms with Crippen LogP contribution in [0.2, 0.25) is 0 Å². The summed E-state index contributed by atoms with van der Waals surface area (Å²) in [5.41, 5.74) is 2.41. The molecular formula is C28H36N4O3. The third-order valence-electron chi connectivity index (χ3n) is 7.66. The van der Waals surface area contributed by atoms with E-state index >= 15 is 0 Å². The fourth-order valence-electron chi connectivity index (χ4n) is 5.80. The number of nitrogens with zero attached hydrogens (tertiary/aromatic N) is 2. The summed E-state index contributed by atoms with van der Waals surface area (Å²) in [5.74, 6) is -0.836. The second kappa shape index (κ2) is 10.8. The molecule has 2 aromatic carbocycles. The minimum atomic E-state index is -0.649. The van der Waals surface area contributed by atoms with Gasteiger partial charge in [0.25, 0.3) is 5.91 Å². The Morgan fingerprint density at radius 3 is 2.54 bits per heavy atom. The molecule has 2 fully saturated rings. The number of piperidine rings is 2. The highest BCUT2D eigenvalue weighted by Crippen LogP contribution is 2.42. The molecule has 3 aliphatic heterocycles. The molecule has 7 nitrogen and oxygen atoms in total.